The Morgan fingerprint density at radius 1 is 1.28 bits per heavy atom. The van der Waals surface area contributed by atoms with E-state index < -0.39 is 0 Å². The topological polar surface area (TPSA) is 81.0 Å². The van der Waals surface area contributed by atoms with Gasteiger partial charge < -0.3 is 10.5 Å². The number of nitrogen functional groups attached to an aromatic ring is 1. The predicted molar refractivity (Wildman–Crippen MR) is 70.5 cm³/mol. The third-order valence-corrected chi connectivity index (χ3v) is 2.73. The summed E-state index contributed by atoms with van der Waals surface area (Å²) in [4.78, 5) is 11.0. The van der Waals surface area contributed by atoms with Crippen molar-refractivity contribution in [1.82, 2.24) is 10.2 Å². The molecular formula is C11H9Cl2N3O2. The van der Waals surface area contributed by atoms with Gasteiger partial charge in [0.15, 0.2) is 5.75 Å². The van der Waals surface area contributed by atoms with E-state index in [0.29, 0.717) is 11.3 Å². The first-order valence-corrected chi connectivity index (χ1v) is 5.71. The van der Waals surface area contributed by atoms with E-state index in [9.17, 15) is 4.79 Å². The first-order chi connectivity index (χ1) is 8.47. The van der Waals surface area contributed by atoms with Gasteiger partial charge in [-0.2, -0.15) is 0 Å². The molecule has 5 nitrogen and oxygen atoms in total. The van der Waals surface area contributed by atoms with Gasteiger partial charge in [0.2, 0.25) is 5.88 Å². The minimum Gasteiger partial charge on any atom is -0.434 e. The van der Waals surface area contributed by atoms with Crippen molar-refractivity contribution in [2.24, 2.45) is 0 Å². The number of nitrogens with two attached hydrogens (primary N) is 1. The first kappa shape index (κ1) is 12.7. The SMILES string of the molecule is Cc1cc(=O)[nH]nc1Oc1c(Cl)cc(N)cc1Cl. The highest BCUT2D eigenvalue weighted by molar-refractivity contribution is 6.37. The van der Waals surface area contributed by atoms with Crippen LogP contribution in [0.3, 0.4) is 0 Å². The highest BCUT2D eigenvalue weighted by atomic mass is 35.5. The molecule has 0 aliphatic heterocycles. The summed E-state index contributed by atoms with van der Waals surface area (Å²) in [5.41, 5.74) is 6.28. The second-order valence-corrected chi connectivity index (χ2v) is 4.45. The van der Waals surface area contributed by atoms with E-state index in [1.54, 1.807) is 6.92 Å². The van der Waals surface area contributed by atoms with E-state index in [-0.39, 0.29) is 27.2 Å². The number of hydrogen-bond donors (Lipinski definition) is 2. The highest BCUT2D eigenvalue weighted by Gasteiger charge is 2.12. The number of H-pyrrole nitrogens is 1. The Bertz CT molecular complexity index is 632. The van der Waals surface area contributed by atoms with Crippen LogP contribution in [0.2, 0.25) is 10.0 Å². The molecule has 0 atom stereocenters. The van der Waals surface area contributed by atoms with Gasteiger partial charge in [-0.1, -0.05) is 23.2 Å². The normalized spacial score (nSPS) is 10.4. The van der Waals surface area contributed by atoms with Crippen LogP contribution in [0.25, 0.3) is 0 Å². The molecule has 0 unspecified atom stereocenters. The Kier molecular flexibility index (Phi) is 3.45. The highest BCUT2D eigenvalue weighted by Crippen LogP contribution is 2.37. The van der Waals surface area contributed by atoms with Crippen LogP contribution in [0.15, 0.2) is 23.0 Å². The largest absolute Gasteiger partial charge is 0.434 e. The third kappa shape index (κ3) is 2.57. The van der Waals surface area contributed by atoms with Crippen LogP contribution < -0.4 is 16.0 Å². The molecule has 0 aliphatic carbocycles. The van der Waals surface area contributed by atoms with E-state index in [1.165, 1.54) is 18.2 Å². The lowest BCUT2D eigenvalue weighted by molar-refractivity contribution is 0.450. The molecule has 0 radical (unpaired) electrons. The van der Waals surface area contributed by atoms with Crippen LogP contribution in [0, 0.1) is 6.92 Å². The maximum atomic E-state index is 11.0. The summed E-state index contributed by atoms with van der Waals surface area (Å²) >= 11 is 12.0. The molecule has 0 bridgehead atoms. The van der Waals surface area contributed by atoms with E-state index in [4.69, 9.17) is 33.7 Å². The number of hydrogen-bond acceptors (Lipinski definition) is 4. The van der Waals surface area contributed by atoms with Crippen molar-refractivity contribution < 1.29 is 4.74 Å². The van der Waals surface area contributed by atoms with E-state index in [0.717, 1.165) is 0 Å². The molecule has 1 aromatic heterocycles. The minimum absolute atomic E-state index is 0.225. The lowest BCUT2D eigenvalue weighted by atomic mass is 10.3. The van der Waals surface area contributed by atoms with Gasteiger partial charge in [-0.05, 0) is 19.1 Å². The Hall–Kier alpha value is -1.72. The number of benzene rings is 1. The Balaban J connectivity index is 2.43. The van der Waals surface area contributed by atoms with Gasteiger partial charge in [0.05, 0.1) is 10.0 Å². The molecule has 1 aromatic carbocycles. The van der Waals surface area contributed by atoms with Crippen molar-refractivity contribution in [3.8, 4) is 11.6 Å². The lowest BCUT2D eigenvalue weighted by Gasteiger charge is -2.10. The molecule has 7 heteroatoms. The number of ether oxygens (including phenoxy) is 1. The van der Waals surface area contributed by atoms with Crippen molar-refractivity contribution in [3.63, 3.8) is 0 Å². The standard InChI is InChI=1S/C11H9Cl2N3O2/c1-5-2-9(17)15-16-11(5)18-10-7(12)3-6(14)4-8(10)13/h2-4H,14H2,1H3,(H,15,17). The number of nitrogens with zero attached hydrogens (tertiary/aromatic N) is 1. The fourth-order valence-electron chi connectivity index (χ4n) is 1.36. The van der Waals surface area contributed by atoms with Crippen molar-refractivity contribution >= 4 is 28.9 Å². The molecule has 0 saturated heterocycles. The van der Waals surface area contributed by atoms with Crippen molar-refractivity contribution in [3.05, 3.63) is 44.2 Å². The van der Waals surface area contributed by atoms with Gasteiger partial charge in [0.1, 0.15) is 0 Å². The number of anilines is 1. The van der Waals surface area contributed by atoms with Gasteiger partial charge in [-0.3, -0.25) is 4.79 Å². The molecule has 3 N–H and O–H groups in total. The summed E-state index contributed by atoms with van der Waals surface area (Å²) in [6.45, 7) is 1.69. The van der Waals surface area contributed by atoms with Crippen molar-refractivity contribution in [2.45, 2.75) is 6.92 Å². The molecule has 18 heavy (non-hydrogen) atoms. The molecule has 0 saturated carbocycles. The summed E-state index contributed by atoms with van der Waals surface area (Å²) in [7, 11) is 0. The predicted octanol–water partition coefficient (Wildman–Crippen LogP) is 2.76. The minimum atomic E-state index is -0.311. The number of halogens is 2. The fourth-order valence-corrected chi connectivity index (χ4v) is 1.94. The Morgan fingerprint density at radius 2 is 1.89 bits per heavy atom. The number of aromatic nitrogens is 2. The zero-order chi connectivity index (χ0) is 13.3. The molecule has 0 amide bonds. The second kappa shape index (κ2) is 4.88. The van der Waals surface area contributed by atoms with Gasteiger partial charge in [0.25, 0.3) is 5.56 Å². The Morgan fingerprint density at radius 3 is 2.44 bits per heavy atom. The molecular weight excluding hydrogens is 277 g/mol. The zero-order valence-corrected chi connectivity index (χ0v) is 10.8. The number of aryl methyl sites for hydroxylation is 1. The monoisotopic (exact) mass is 285 g/mol. The summed E-state index contributed by atoms with van der Waals surface area (Å²) in [6, 6.07) is 4.40. The Labute approximate surface area is 112 Å². The second-order valence-electron chi connectivity index (χ2n) is 3.64. The number of rotatable bonds is 2. The van der Waals surface area contributed by atoms with E-state index in [1.807, 2.05) is 0 Å². The quantitative estimate of drug-likeness (QED) is 0.832. The van der Waals surface area contributed by atoms with Gasteiger partial charge in [-0.25, -0.2) is 5.10 Å². The molecule has 94 valence electrons. The van der Waals surface area contributed by atoms with Crippen molar-refractivity contribution in [2.75, 3.05) is 5.73 Å². The third-order valence-electron chi connectivity index (χ3n) is 2.17. The smallest absolute Gasteiger partial charge is 0.264 e. The molecule has 2 rings (SSSR count). The van der Waals surface area contributed by atoms with Crippen LogP contribution in [0.1, 0.15) is 5.56 Å². The maximum Gasteiger partial charge on any atom is 0.264 e. The number of aromatic amines is 1. The van der Waals surface area contributed by atoms with Gasteiger partial charge in [-0.15, -0.1) is 5.10 Å². The summed E-state index contributed by atoms with van der Waals surface area (Å²) in [6.07, 6.45) is 0. The van der Waals surface area contributed by atoms with E-state index in [2.05, 4.69) is 10.2 Å². The van der Waals surface area contributed by atoms with Gasteiger partial charge in [0, 0.05) is 17.3 Å². The molecule has 0 aliphatic rings. The van der Waals surface area contributed by atoms with Crippen LogP contribution in [0.5, 0.6) is 11.6 Å². The average molecular weight is 286 g/mol. The average Bonchev–Trinajstić information content (AvgIpc) is 2.25. The molecule has 1 heterocycles. The summed E-state index contributed by atoms with van der Waals surface area (Å²) < 4.78 is 5.48. The summed E-state index contributed by atoms with van der Waals surface area (Å²) in [5, 5.41) is 6.58. The maximum absolute atomic E-state index is 11.0. The van der Waals surface area contributed by atoms with Crippen LogP contribution in [-0.4, -0.2) is 10.2 Å². The first-order valence-electron chi connectivity index (χ1n) is 4.96. The lowest BCUT2D eigenvalue weighted by Crippen LogP contribution is -2.08. The van der Waals surface area contributed by atoms with E-state index >= 15 is 0 Å². The molecule has 0 fully saturated rings. The molecule has 2 aromatic rings. The fraction of sp³-hybridized carbons (Fsp3) is 0.0909. The van der Waals surface area contributed by atoms with Crippen LogP contribution in [-0.2, 0) is 0 Å². The van der Waals surface area contributed by atoms with Crippen molar-refractivity contribution in [1.29, 1.82) is 0 Å². The molecule has 0 spiro atoms. The number of nitrogens with one attached hydrogen (secondary N) is 1. The zero-order valence-electron chi connectivity index (χ0n) is 9.33. The van der Waals surface area contributed by atoms with Crippen LogP contribution >= 0.6 is 23.2 Å². The summed E-state index contributed by atoms with van der Waals surface area (Å²) in [5.74, 6) is 0.471. The van der Waals surface area contributed by atoms with Crippen LogP contribution in [0.4, 0.5) is 5.69 Å². The van der Waals surface area contributed by atoms with Gasteiger partial charge >= 0.3 is 0 Å².